The van der Waals surface area contributed by atoms with Gasteiger partial charge in [0.25, 0.3) is 5.91 Å². The molecule has 0 saturated heterocycles. The smallest absolute Gasteiger partial charge is 0.254 e. The minimum Gasteiger partial charge on any atom is -0.373 e. The lowest BCUT2D eigenvalue weighted by molar-refractivity contribution is 0.0954. The predicted molar refractivity (Wildman–Crippen MR) is 83.5 cm³/mol. The van der Waals surface area contributed by atoms with E-state index in [0.717, 1.165) is 24.5 Å². The molecule has 1 heterocycles. The first-order valence-corrected chi connectivity index (χ1v) is 7.06. The lowest BCUT2D eigenvalue weighted by atomic mass is 10.3. The number of rotatable bonds is 6. The fourth-order valence-corrected chi connectivity index (χ4v) is 1.91. The molecule has 1 aromatic heterocycles. The number of benzene rings is 1. The summed E-state index contributed by atoms with van der Waals surface area (Å²) in [6, 6.07) is 10.1. The summed E-state index contributed by atoms with van der Waals surface area (Å²) in [5, 5.41) is 2.88. The van der Waals surface area contributed by atoms with E-state index in [1.807, 2.05) is 44.3 Å². The van der Waals surface area contributed by atoms with E-state index in [2.05, 4.69) is 20.2 Å². The van der Waals surface area contributed by atoms with Crippen LogP contribution in [0.25, 0.3) is 0 Å². The quantitative estimate of drug-likeness (QED) is 0.880. The van der Waals surface area contributed by atoms with Crippen LogP contribution in [0.5, 0.6) is 0 Å². The normalized spacial score (nSPS) is 10.2. The van der Waals surface area contributed by atoms with Crippen molar-refractivity contribution in [2.24, 2.45) is 0 Å². The molecule has 0 atom stereocenters. The number of carbonyl (C=O) groups is 1. The second-order valence-electron chi connectivity index (χ2n) is 4.75. The highest BCUT2D eigenvalue weighted by atomic mass is 16.1. The molecule has 0 fully saturated rings. The van der Waals surface area contributed by atoms with E-state index in [1.54, 1.807) is 12.4 Å². The summed E-state index contributed by atoms with van der Waals surface area (Å²) >= 11 is 0. The summed E-state index contributed by atoms with van der Waals surface area (Å²) in [4.78, 5) is 22.3. The van der Waals surface area contributed by atoms with Crippen LogP contribution in [0, 0.1) is 0 Å². The molecule has 2 aromatic rings. The van der Waals surface area contributed by atoms with Crippen molar-refractivity contribution in [2.45, 2.75) is 13.3 Å². The van der Waals surface area contributed by atoms with Crippen molar-refractivity contribution in [1.82, 2.24) is 15.3 Å². The molecule has 2 rings (SSSR count). The van der Waals surface area contributed by atoms with Gasteiger partial charge in [-0.25, -0.2) is 9.97 Å². The van der Waals surface area contributed by atoms with Gasteiger partial charge in [-0.15, -0.1) is 0 Å². The largest absolute Gasteiger partial charge is 0.373 e. The van der Waals surface area contributed by atoms with Gasteiger partial charge in [-0.1, -0.05) is 25.1 Å². The van der Waals surface area contributed by atoms with Crippen LogP contribution in [-0.4, -0.2) is 36.0 Å². The zero-order chi connectivity index (χ0) is 15.1. The second kappa shape index (κ2) is 7.38. The van der Waals surface area contributed by atoms with Gasteiger partial charge < -0.3 is 10.2 Å². The molecule has 0 aliphatic carbocycles. The summed E-state index contributed by atoms with van der Waals surface area (Å²) in [7, 11) is 2.00. The topological polar surface area (TPSA) is 58.1 Å². The SMILES string of the molecule is CCc1ncc(C(=O)NCCN(C)c2ccccc2)cn1. The number of anilines is 1. The molecule has 110 valence electrons. The van der Waals surface area contributed by atoms with Gasteiger partial charge in [0.15, 0.2) is 0 Å². The first kappa shape index (κ1) is 15.0. The molecular weight excluding hydrogens is 264 g/mol. The maximum Gasteiger partial charge on any atom is 0.254 e. The molecule has 1 aromatic carbocycles. The molecule has 1 amide bonds. The third kappa shape index (κ3) is 4.27. The van der Waals surface area contributed by atoms with Gasteiger partial charge in [-0.3, -0.25) is 4.79 Å². The van der Waals surface area contributed by atoms with Crippen LogP contribution >= 0.6 is 0 Å². The van der Waals surface area contributed by atoms with Gasteiger partial charge in [-0.05, 0) is 12.1 Å². The third-order valence-corrected chi connectivity index (χ3v) is 3.21. The number of carbonyl (C=O) groups excluding carboxylic acids is 1. The summed E-state index contributed by atoms with van der Waals surface area (Å²) in [6.45, 7) is 3.29. The Morgan fingerprint density at radius 3 is 2.48 bits per heavy atom. The number of nitrogens with one attached hydrogen (secondary N) is 1. The lowest BCUT2D eigenvalue weighted by Gasteiger charge is -2.19. The highest BCUT2D eigenvalue weighted by Crippen LogP contribution is 2.09. The molecule has 0 aliphatic rings. The Kier molecular flexibility index (Phi) is 5.26. The van der Waals surface area contributed by atoms with Crippen molar-refractivity contribution in [3.63, 3.8) is 0 Å². The van der Waals surface area contributed by atoms with E-state index >= 15 is 0 Å². The molecule has 5 heteroatoms. The van der Waals surface area contributed by atoms with E-state index in [0.29, 0.717) is 12.1 Å². The highest BCUT2D eigenvalue weighted by Gasteiger charge is 2.07. The summed E-state index contributed by atoms with van der Waals surface area (Å²) < 4.78 is 0. The van der Waals surface area contributed by atoms with E-state index in [4.69, 9.17) is 0 Å². The zero-order valence-corrected chi connectivity index (χ0v) is 12.4. The molecule has 1 N–H and O–H groups in total. The van der Waals surface area contributed by atoms with Crippen molar-refractivity contribution >= 4 is 11.6 Å². The maximum absolute atomic E-state index is 12.0. The average molecular weight is 284 g/mol. The molecule has 0 bridgehead atoms. The lowest BCUT2D eigenvalue weighted by Crippen LogP contribution is -2.33. The van der Waals surface area contributed by atoms with Crippen LogP contribution in [0.3, 0.4) is 0 Å². The zero-order valence-electron chi connectivity index (χ0n) is 12.4. The molecule has 0 saturated carbocycles. The summed E-state index contributed by atoms with van der Waals surface area (Å²) in [6.07, 6.45) is 3.91. The Morgan fingerprint density at radius 2 is 1.86 bits per heavy atom. The van der Waals surface area contributed by atoms with Crippen LogP contribution in [0.1, 0.15) is 23.1 Å². The minimum atomic E-state index is -0.140. The van der Waals surface area contributed by atoms with Crippen LogP contribution in [0.15, 0.2) is 42.7 Å². The number of nitrogens with zero attached hydrogens (tertiary/aromatic N) is 3. The third-order valence-electron chi connectivity index (χ3n) is 3.21. The van der Waals surface area contributed by atoms with Gasteiger partial charge >= 0.3 is 0 Å². The van der Waals surface area contributed by atoms with Crippen molar-refractivity contribution in [3.05, 3.63) is 54.1 Å². The fraction of sp³-hybridized carbons (Fsp3) is 0.312. The molecule has 5 nitrogen and oxygen atoms in total. The van der Waals surface area contributed by atoms with Crippen LogP contribution in [-0.2, 0) is 6.42 Å². The summed E-state index contributed by atoms with van der Waals surface area (Å²) in [5.41, 5.74) is 1.62. The van der Waals surface area contributed by atoms with Crippen molar-refractivity contribution in [2.75, 3.05) is 25.0 Å². The Balaban J connectivity index is 1.81. The average Bonchev–Trinajstić information content (AvgIpc) is 2.55. The number of aryl methyl sites for hydroxylation is 1. The minimum absolute atomic E-state index is 0.140. The Hall–Kier alpha value is -2.43. The molecule has 0 unspecified atom stereocenters. The number of aromatic nitrogens is 2. The Bertz CT molecular complexity index is 569. The first-order valence-electron chi connectivity index (χ1n) is 7.06. The molecule has 0 radical (unpaired) electrons. The monoisotopic (exact) mass is 284 g/mol. The Labute approximate surface area is 125 Å². The van der Waals surface area contributed by atoms with Crippen molar-refractivity contribution < 1.29 is 4.79 Å². The van der Waals surface area contributed by atoms with E-state index < -0.39 is 0 Å². The maximum atomic E-state index is 12.0. The number of para-hydroxylation sites is 1. The molecular formula is C16H20N4O. The van der Waals surface area contributed by atoms with E-state index in [-0.39, 0.29) is 5.91 Å². The summed E-state index contributed by atoms with van der Waals surface area (Å²) in [5.74, 6) is 0.606. The standard InChI is InChI=1S/C16H20N4O/c1-3-15-18-11-13(12-19-15)16(21)17-9-10-20(2)14-7-5-4-6-8-14/h4-8,11-12H,3,9-10H2,1-2H3,(H,17,21). The van der Waals surface area contributed by atoms with Gasteiger partial charge in [0.05, 0.1) is 5.56 Å². The van der Waals surface area contributed by atoms with Crippen LogP contribution in [0.2, 0.25) is 0 Å². The van der Waals surface area contributed by atoms with Gasteiger partial charge in [0.2, 0.25) is 0 Å². The molecule has 0 aliphatic heterocycles. The predicted octanol–water partition coefficient (Wildman–Crippen LogP) is 1.91. The van der Waals surface area contributed by atoms with Gasteiger partial charge in [0.1, 0.15) is 5.82 Å². The van der Waals surface area contributed by atoms with Gasteiger partial charge in [0, 0.05) is 44.6 Å². The molecule has 0 spiro atoms. The number of amides is 1. The fourth-order valence-electron chi connectivity index (χ4n) is 1.91. The van der Waals surface area contributed by atoms with E-state index in [9.17, 15) is 4.79 Å². The number of likely N-dealkylation sites (N-methyl/N-ethyl adjacent to an activating group) is 1. The van der Waals surface area contributed by atoms with E-state index in [1.165, 1.54) is 0 Å². The van der Waals surface area contributed by atoms with Crippen molar-refractivity contribution in [3.8, 4) is 0 Å². The van der Waals surface area contributed by atoms with Crippen LogP contribution < -0.4 is 10.2 Å². The number of hydrogen-bond acceptors (Lipinski definition) is 4. The Morgan fingerprint density at radius 1 is 1.19 bits per heavy atom. The second-order valence-corrected chi connectivity index (χ2v) is 4.75. The van der Waals surface area contributed by atoms with Crippen LogP contribution in [0.4, 0.5) is 5.69 Å². The van der Waals surface area contributed by atoms with Gasteiger partial charge in [-0.2, -0.15) is 0 Å². The first-order chi connectivity index (χ1) is 10.2. The molecule has 21 heavy (non-hydrogen) atoms. The highest BCUT2D eigenvalue weighted by molar-refractivity contribution is 5.93. The number of hydrogen-bond donors (Lipinski definition) is 1. The van der Waals surface area contributed by atoms with Crippen molar-refractivity contribution in [1.29, 1.82) is 0 Å².